The molecule has 8 aromatic heterocycles. The number of nitrogens with one attached hydrogen (secondary N) is 4. The van der Waals surface area contributed by atoms with E-state index in [0.29, 0.717) is 136 Å². The molecule has 0 aliphatic carbocycles. The van der Waals surface area contributed by atoms with E-state index in [-0.39, 0.29) is 107 Å². The highest BCUT2D eigenvalue weighted by molar-refractivity contribution is 6.34. The number of methoxy groups -OCH3 is 2. The molecule has 39 heteroatoms. The molecule has 0 amide bonds. The number of hydrogen-bond acceptors (Lipinski definition) is 31. The third-order valence-corrected chi connectivity index (χ3v) is 27.5. The van der Waals surface area contributed by atoms with Crippen LogP contribution in [-0.4, -0.2) is 213 Å². The minimum atomic E-state index is -0.302. The highest BCUT2D eigenvalue weighted by Crippen LogP contribution is 2.42. The number of fused-ring (bicyclic) bond motifs is 4. The number of hydrogen-bond donors (Lipinski definition) is 4. The number of ketones is 4. The van der Waals surface area contributed by atoms with E-state index in [1.54, 1.807) is 109 Å². The SMILES string of the molecule is CCC(=O)COc1cc2cc(Nc3nc(N4CCC(C)CC4)ncc3Cl)ccc2n(C(C)C)c1=O.CCC(=O)COc1cc2cc(Nc3nc(N4CCC(C)CC4)ncc3Cl)ccc2n(CCOC)c1=O.CCC(=O)COc1cc2cc(Nc3nc(N4CCC5(CCN(C)C5)C4)ncc3Cl)ccc2n(C(C)C)c1=O.CCC(=O)COc1cc2cc(Nc3nc(N4CCCCC4)ncc3Cl)ccc2n(CCOC)c1=O. The Morgan fingerprint density at radius 3 is 0.993 bits per heavy atom. The Morgan fingerprint density at radius 2 is 0.688 bits per heavy atom. The van der Waals surface area contributed by atoms with Gasteiger partial charge in [0.2, 0.25) is 23.8 Å². The summed E-state index contributed by atoms with van der Waals surface area (Å²) in [6, 6.07) is 29.2. The summed E-state index contributed by atoms with van der Waals surface area (Å²) < 4.78 is 39.3. The first-order chi connectivity index (χ1) is 69.3. The number of carbonyl (C=O) groups excluding carboxylic acids is 4. The standard InChI is InChI=1S/C28H35ClN6O3.C26H32ClN5O4.C26H32ClN5O3.C25H30ClN5O4/c1-5-21(36)15-38-24-13-19-12-20(6-7-23(19)35(18(2)3)26(24)37)31-25-22(29)14-30-27(32-25)34-11-9-28(17-34)8-10-33(4)16-28;1-4-20(33)16-36-23-14-18-13-19(5-6-22(18)32(25(23)34)11-12-35-3)29-24-21(27)15-28-26(30-24)31-9-7-17(2)8-10-31;1-5-20(33)15-35-23-13-18-12-19(6-7-22(18)32(16(2)3)25(23)34)29-24-21(27)14-28-26(30-24)31-10-8-17(4)9-11-31;1-3-19(32)16-35-22-14-17-13-18(7-8-21(17)31(24(22)33)11-12-34-2)28-23-20(26)15-27-25(29-23)30-9-5-4-6-10-30/h6-7,12-14,18H,5,8-11,15-17H2,1-4H3,(H,30,31,32);5-6,13-15,17H,4,7-12,16H2,1-3H3,(H,28,29,30);6-7,12-14,16-17H,5,8-11,15H2,1-4H3,(H,28,29,30);7-8,13-15H,3-6,9-12,16H2,1-2H3,(H,27,28,29). The maximum Gasteiger partial charge on any atom is 0.293 e. The Labute approximate surface area is 857 Å². The summed E-state index contributed by atoms with van der Waals surface area (Å²) in [6.45, 7) is 29.9. The molecule has 766 valence electrons. The van der Waals surface area contributed by atoms with Gasteiger partial charge in [-0.2, -0.15) is 19.9 Å². The van der Waals surface area contributed by atoms with Crippen LogP contribution in [0.5, 0.6) is 23.0 Å². The van der Waals surface area contributed by atoms with E-state index < -0.39 is 0 Å². The van der Waals surface area contributed by atoms with Gasteiger partial charge in [0.05, 0.1) is 60.1 Å². The van der Waals surface area contributed by atoms with Crippen LogP contribution in [0.15, 0.2) is 141 Å². The van der Waals surface area contributed by atoms with Crippen molar-refractivity contribution in [3.8, 4) is 23.0 Å². The maximum absolute atomic E-state index is 13.1. The molecule has 5 aliphatic rings. The number of Topliss-reactive ketones (excluding diaryl/α,β-unsaturated/α-hetero) is 4. The zero-order chi connectivity index (χ0) is 103. The van der Waals surface area contributed by atoms with Gasteiger partial charge in [0.1, 0.15) is 46.5 Å². The second-order valence-electron chi connectivity index (χ2n) is 37.8. The van der Waals surface area contributed by atoms with Crippen molar-refractivity contribution >= 4 is 183 Å². The number of anilines is 12. The number of nitrogens with zero attached hydrogens (tertiary/aromatic N) is 17. The molecule has 5 aliphatic heterocycles. The van der Waals surface area contributed by atoms with Crippen LogP contribution >= 0.6 is 46.4 Å². The molecule has 1 atom stereocenters. The molecule has 17 rings (SSSR count). The Hall–Kier alpha value is -12.6. The first-order valence-corrected chi connectivity index (χ1v) is 51.0. The van der Waals surface area contributed by atoms with E-state index in [4.69, 9.17) is 79.8 Å². The van der Waals surface area contributed by atoms with E-state index in [1.165, 1.54) is 12.8 Å². The zero-order valence-electron chi connectivity index (χ0n) is 84.1. The Balaban J connectivity index is 0.000000152. The molecule has 5 fully saturated rings. The molecule has 144 heavy (non-hydrogen) atoms. The Morgan fingerprint density at radius 1 is 0.389 bits per heavy atom. The quantitative estimate of drug-likeness (QED) is 0.0283. The first-order valence-electron chi connectivity index (χ1n) is 49.5. The zero-order valence-corrected chi connectivity index (χ0v) is 87.1. The van der Waals surface area contributed by atoms with Crippen LogP contribution in [0.1, 0.15) is 165 Å². The number of halogens is 4. The van der Waals surface area contributed by atoms with E-state index in [0.717, 1.165) is 177 Å². The van der Waals surface area contributed by atoms with Crippen LogP contribution in [0.25, 0.3) is 43.6 Å². The number of likely N-dealkylation sites (tertiary alicyclic amines) is 1. The second-order valence-corrected chi connectivity index (χ2v) is 39.4. The van der Waals surface area contributed by atoms with Crippen molar-refractivity contribution < 1.29 is 47.6 Å². The lowest BCUT2D eigenvalue weighted by Crippen LogP contribution is -2.34. The van der Waals surface area contributed by atoms with Crippen molar-refractivity contribution in [3.05, 3.63) is 183 Å². The number of piperidine rings is 3. The van der Waals surface area contributed by atoms with Crippen molar-refractivity contribution in [2.75, 3.05) is 167 Å². The van der Waals surface area contributed by atoms with Crippen LogP contribution in [0.2, 0.25) is 20.1 Å². The average molecular weight is 2050 g/mol. The lowest BCUT2D eigenvalue weighted by atomic mass is 9.86. The fraction of sp³-hybridized carbons (Fsp3) is 0.467. The summed E-state index contributed by atoms with van der Waals surface area (Å²) in [7, 11) is 5.35. The molecule has 0 saturated carbocycles. The third-order valence-electron chi connectivity index (χ3n) is 26.4. The molecule has 1 spiro atoms. The second kappa shape index (κ2) is 49.8. The lowest BCUT2D eigenvalue weighted by molar-refractivity contribution is -0.121. The fourth-order valence-electron chi connectivity index (χ4n) is 18.0. The minimum Gasteiger partial charge on any atom is -0.480 e. The van der Waals surface area contributed by atoms with Crippen LogP contribution in [-0.2, 0) is 41.7 Å². The molecule has 35 nitrogen and oxygen atoms in total. The lowest BCUT2D eigenvalue weighted by Gasteiger charge is -2.30. The highest BCUT2D eigenvalue weighted by atomic mass is 35.5. The van der Waals surface area contributed by atoms with Gasteiger partial charge in [0, 0.05) is 174 Å². The molecular formula is C105H129Cl4N21O14. The molecule has 4 N–H and O–H groups in total. The van der Waals surface area contributed by atoms with Crippen molar-refractivity contribution in [1.82, 2.24) is 63.0 Å². The monoisotopic (exact) mass is 2050 g/mol. The van der Waals surface area contributed by atoms with Gasteiger partial charge in [-0.05, 0) is 208 Å². The molecule has 4 aromatic carbocycles. The summed E-state index contributed by atoms with van der Waals surface area (Å²) >= 11 is 25.7. The number of aromatic nitrogens is 12. The van der Waals surface area contributed by atoms with Crippen LogP contribution in [0, 0.1) is 17.3 Å². The summed E-state index contributed by atoms with van der Waals surface area (Å²) in [4.78, 5) is 147. The normalized spacial score (nSPS) is 15.6. The minimum absolute atomic E-state index is 0.0610. The van der Waals surface area contributed by atoms with Crippen molar-refractivity contribution in [2.24, 2.45) is 17.3 Å². The Bertz CT molecular complexity index is 6860. The smallest absolute Gasteiger partial charge is 0.293 e. The summed E-state index contributed by atoms with van der Waals surface area (Å²) in [5.74, 6) is 6.43. The summed E-state index contributed by atoms with van der Waals surface area (Å²) in [5, 5.41) is 18.0. The van der Waals surface area contributed by atoms with Crippen molar-refractivity contribution in [3.63, 3.8) is 0 Å². The van der Waals surface area contributed by atoms with Gasteiger partial charge in [0.15, 0.2) is 69.4 Å². The molecule has 1 unspecified atom stereocenters. The molecular weight excluding hydrogens is 1920 g/mol. The number of rotatable bonds is 36. The van der Waals surface area contributed by atoms with Gasteiger partial charge < -0.3 is 92.5 Å². The van der Waals surface area contributed by atoms with Gasteiger partial charge in [0.25, 0.3) is 22.2 Å². The van der Waals surface area contributed by atoms with Crippen molar-refractivity contribution in [2.45, 2.75) is 178 Å². The summed E-state index contributed by atoms with van der Waals surface area (Å²) in [6.07, 6.45) is 18.2. The highest BCUT2D eigenvalue weighted by Gasteiger charge is 2.43. The molecule has 13 heterocycles. The first kappa shape index (κ1) is 107. The van der Waals surface area contributed by atoms with Crippen LogP contribution in [0.3, 0.4) is 0 Å². The van der Waals surface area contributed by atoms with Crippen LogP contribution < -0.4 is 82.1 Å². The van der Waals surface area contributed by atoms with Gasteiger partial charge >= 0.3 is 0 Å². The average Bonchev–Trinajstić information content (AvgIpc) is 0.941. The van der Waals surface area contributed by atoms with Crippen molar-refractivity contribution in [1.29, 1.82) is 0 Å². The molecule has 0 radical (unpaired) electrons. The predicted octanol–water partition coefficient (Wildman–Crippen LogP) is 18.6. The molecule has 5 saturated heterocycles. The molecule has 12 aromatic rings. The van der Waals surface area contributed by atoms with Gasteiger partial charge in [-0.25, -0.2) is 19.9 Å². The largest absolute Gasteiger partial charge is 0.480 e. The van der Waals surface area contributed by atoms with E-state index in [2.05, 4.69) is 102 Å². The fourth-order valence-corrected chi connectivity index (χ4v) is 18.6. The number of ether oxygens (including phenoxy) is 6. The van der Waals surface area contributed by atoms with Crippen LogP contribution in [0.4, 0.5) is 69.8 Å². The summed E-state index contributed by atoms with van der Waals surface area (Å²) in [5.41, 5.74) is 5.25. The Kier molecular flexibility index (Phi) is 37.0. The van der Waals surface area contributed by atoms with E-state index in [9.17, 15) is 38.4 Å². The number of pyridine rings is 4. The van der Waals surface area contributed by atoms with Gasteiger partial charge in [-0.1, -0.05) is 87.9 Å². The topological polar surface area (TPSA) is 379 Å². The van der Waals surface area contributed by atoms with E-state index in [1.807, 2.05) is 100 Å². The number of benzene rings is 4. The van der Waals surface area contributed by atoms with Gasteiger partial charge in [-0.3, -0.25) is 38.4 Å². The number of carbonyl (C=O) groups is 4. The van der Waals surface area contributed by atoms with E-state index >= 15 is 0 Å². The molecule has 0 bridgehead atoms. The third kappa shape index (κ3) is 26.9. The predicted molar refractivity (Wildman–Crippen MR) is 570 cm³/mol. The van der Waals surface area contributed by atoms with Gasteiger partial charge in [-0.15, -0.1) is 0 Å². The maximum atomic E-state index is 13.1.